The van der Waals surface area contributed by atoms with E-state index in [1.807, 2.05) is 31.2 Å². The Morgan fingerprint density at radius 1 is 1.05 bits per heavy atom. The van der Waals surface area contributed by atoms with Crippen molar-refractivity contribution >= 4 is 27.3 Å². The molecule has 0 atom stereocenters. The average Bonchev–Trinajstić information content (AvgIpc) is 2.80. The summed E-state index contributed by atoms with van der Waals surface area (Å²) < 4.78 is 28.7. The summed E-state index contributed by atoms with van der Waals surface area (Å²) in [6.07, 6.45) is 0. The maximum Gasteiger partial charge on any atom is 0.136 e. The molecule has 3 rings (SSSR count). The van der Waals surface area contributed by atoms with Gasteiger partial charge in [0.25, 0.3) is 0 Å². The van der Waals surface area contributed by atoms with Crippen LogP contribution in [0.5, 0.6) is 0 Å². The van der Waals surface area contributed by atoms with Crippen LogP contribution in [0.4, 0.5) is 8.78 Å². The van der Waals surface area contributed by atoms with Crippen LogP contribution in [0.2, 0.25) is 0 Å². The summed E-state index contributed by atoms with van der Waals surface area (Å²) in [5, 5.41) is 0.359. The van der Waals surface area contributed by atoms with Crippen LogP contribution in [-0.4, -0.2) is 4.98 Å². The summed E-state index contributed by atoms with van der Waals surface area (Å²) in [6, 6.07) is 11.5. The number of nitrogens with zero attached hydrogens (tertiary/aromatic N) is 1. The van der Waals surface area contributed by atoms with Crippen LogP contribution >= 0.6 is 27.3 Å². The van der Waals surface area contributed by atoms with Gasteiger partial charge in [-0.1, -0.05) is 34.1 Å². The molecule has 0 saturated heterocycles. The van der Waals surface area contributed by atoms with Crippen LogP contribution in [-0.2, 0) is 0 Å². The van der Waals surface area contributed by atoms with Crippen LogP contribution in [0.15, 0.2) is 46.9 Å². The third-order valence-electron chi connectivity index (χ3n) is 3.07. The summed E-state index contributed by atoms with van der Waals surface area (Å²) in [6.45, 7) is 1.90. The number of rotatable bonds is 2. The molecule has 0 fully saturated rings. The number of aryl methyl sites for hydroxylation is 1. The fourth-order valence-electron chi connectivity index (χ4n) is 2.11. The van der Waals surface area contributed by atoms with E-state index in [2.05, 4.69) is 20.9 Å². The zero-order chi connectivity index (χ0) is 15.0. The highest BCUT2D eigenvalue weighted by Crippen LogP contribution is 2.36. The summed E-state index contributed by atoms with van der Waals surface area (Å²) in [4.78, 5) is 5.35. The topological polar surface area (TPSA) is 12.9 Å². The first-order chi connectivity index (χ1) is 10.1. The molecule has 5 heteroatoms. The number of halogens is 3. The van der Waals surface area contributed by atoms with Crippen LogP contribution in [0.1, 0.15) is 4.88 Å². The number of thiazole rings is 1. The molecule has 0 amide bonds. The Morgan fingerprint density at radius 2 is 1.71 bits per heavy atom. The molecular formula is C16H10BrF2NS. The van der Waals surface area contributed by atoms with Crippen molar-refractivity contribution in [2.24, 2.45) is 0 Å². The van der Waals surface area contributed by atoms with E-state index in [0.29, 0.717) is 5.01 Å². The second kappa shape index (κ2) is 5.66. The van der Waals surface area contributed by atoms with Gasteiger partial charge in [-0.2, -0.15) is 0 Å². The lowest BCUT2D eigenvalue weighted by Crippen LogP contribution is -1.89. The van der Waals surface area contributed by atoms with Gasteiger partial charge in [0, 0.05) is 14.9 Å². The van der Waals surface area contributed by atoms with E-state index in [0.717, 1.165) is 20.6 Å². The molecule has 0 N–H and O–H groups in total. The van der Waals surface area contributed by atoms with Crippen LogP contribution in [0, 0.1) is 18.6 Å². The highest BCUT2D eigenvalue weighted by Gasteiger charge is 2.17. The Balaban J connectivity index is 2.14. The van der Waals surface area contributed by atoms with Crippen LogP contribution < -0.4 is 0 Å². The summed E-state index contributed by atoms with van der Waals surface area (Å²) in [5.41, 5.74) is 1.60. The Kier molecular flexibility index (Phi) is 3.87. The van der Waals surface area contributed by atoms with Crippen molar-refractivity contribution < 1.29 is 8.78 Å². The molecule has 3 aromatic rings. The first kappa shape index (κ1) is 14.4. The fraction of sp³-hybridized carbons (Fsp3) is 0.0625. The fourth-order valence-corrected chi connectivity index (χ4v) is 3.49. The predicted octanol–water partition coefficient (Wildman–Crippen LogP) is 5.83. The molecule has 0 aliphatic rings. The van der Waals surface area contributed by atoms with Gasteiger partial charge in [0.1, 0.15) is 16.6 Å². The second-order valence-electron chi connectivity index (χ2n) is 4.53. The summed E-state index contributed by atoms with van der Waals surface area (Å²) >= 11 is 4.70. The lowest BCUT2D eigenvalue weighted by molar-refractivity contribution is 0.589. The lowest BCUT2D eigenvalue weighted by atomic mass is 10.1. The van der Waals surface area contributed by atoms with E-state index in [4.69, 9.17) is 0 Å². The van der Waals surface area contributed by atoms with Crippen molar-refractivity contribution in [1.29, 1.82) is 0 Å². The SMILES string of the molecule is Cc1sc(-c2c(F)cccc2F)nc1-c1cccc(Br)c1. The molecule has 0 bridgehead atoms. The number of aromatic nitrogens is 1. The molecule has 0 spiro atoms. The van der Waals surface area contributed by atoms with Crippen LogP contribution in [0.25, 0.3) is 21.8 Å². The molecule has 0 saturated carbocycles. The molecule has 0 aliphatic heterocycles. The molecule has 2 aromatic carbocycles. The van der Waals surface area contributed by atoms with Crippen molar-refractivity contribution in [1.82, 2.24) is 4.98 Å². The van der Waals surface area contributed by atoms with Crippen LogP contribution in [0.3, 0.4) is 0 Å². The van der Waals surface area contributed by atoms with E-state index in [9.17, 15) is 8.78 Å². The first-order valence-corrected chi connectivity index (χ1v) is 7.85. The van der Waals surface area contributed by atoms with Gasteiger partial charge in [-0.15, -0.1) is 11.3 Å². The third-order valence-corrected chi connectivity index (χ3v) is 4.55. The van der Waals surface area contributed by atoms with Gasteiger partial charge in [-0.3, -0.25) is 0 Å². The van der Waals surface area contributed by atoms with Crippen molar-refractivity contribution in [2.45, 2.75) is 6.92 Å². The Labute approximate surface area is 133 Å². The van der Waals surface area contributed by atoms with E-state index < -0.39 is 11.6 Å². The summed E-state index contributed by atoms with van der Waals surface area (Å²) in [7, 11) is 0. The largest absolute Gasteiger partial charge is 0.236 e. The maximum absolute atomic E-state index is 13.9. The van der Waals surface area contributed by atoms with E-state index >= 15 is 0 Å². The number of hydrogen-bond acceptors (Lipinski definition) is 2. The zero-order valence-electron chi connectivity index (χ0n) is 11.0. The molecule has 0 radical (unpaired) electrons. The van der Waals surface area contributed by atoms with Gasteiger partial charge < -0.3 is 0 Å². The molecule has 21 heavy (non-hydrogen) atoms. The van der Waals surface area contributed by atoms with E-state index in [1.165, 1.54) is 29.5 Å². The normalized spacial score (nSPS) is 10.9. The van der Waals surface area contributed by atoms with E-state index in [1.54, 1.807) is 0 Å². The maximum atomic E-state index is 13.9. The monoisotopic (exact) mass is 365 g/mol. The average molecular weight is 366 g/mol. The van der Waals surface area contributed by atoms with Crippen molar-refractivity contribution in [3.05, 3.63) is 63.4 Å². The summed E-state index contributed by atoms with van der Waals surface area (Å²) in [5.74, 6) is -1.19. The molecule has 1 nitrogen and oxygen atoms in total. The quantitative estimate of drug-likeness (QED) is 0.556. The minimum atomic E-state index is -0.593. The van der Waals surface area contributed by atoms with Gasteiger partial charge in [0.05, 0.1) is 11.3 Å². The molecule has 1 heterocycles. The molecule has 1 aromatic heterocycles. The molecule has 106 valence electrons. The lowest BCUT2D eigenvalue weighted by Gasteiger charge is -2.01. The molecule has 0 unspecified atom stereocenters. The van der Waals surface area contributed by atoms with Crippen molar-refractivity contribution in [3.63, 3.8) is 0 Å². The third kappa shape index (κ3) is 2.76. The second-order valence-corrected chi connectivity index (χ2v) is 6.65. The van der Waals surface area contributed by atoms with Gasteiger partial charge in [0.2, 0.25) is 0 Å². The smallest absolute Gasteiger partial charge is 0.136 e. The standard InChI is InChI=1S/C16H10BrF2NS/c1-9-15(10-4-2-5-11(17)8-10)20-16(21-9)14-12(18)6-3-7-13(14)19/h2-8H,1H3. The minimum absolute atomic E-state index is 0.0631. The Morgan fingerprint density at radius 3 is 2.38 bits per heavy atom. The minimum Gasteiger partial charge on any atom is -0.236 e. The van der Waals surface area contributed by atoms with Crippen molar-refractivity contribution in [2.75, 3.05) is 0 Å². The highest BCUT2D eigenvalue weighted by atomic mass is 79.9. The van der Waals surface area contributed by atoms with E-state index in [-0.39, 0.29) is 5.56 Å². The van der Waals surface area contributed by atoms with Gasteiger partial charge in [-0.25, -0.2) is 13.8 Å². The number of benzene rings is 2. The number of hydrogen-bond donors (Lipinski definition) is 0. The Hall–Kier alpha value is -1.59. The molecular weight excluding hydrogens is 356 g/mol. The highest BCUT2D eigenvalue weighted by molar-refractivity contribution is 9.10. The predicted molar refractivity (Wildman–Crippen MR) is 85.3 cm³/mol. The molecule has 0 aliphatic carbocycles. The van der Waals surface area contributed by atoms with Gasteiger partial charge >= 0.3 is 0 Å². The zero-order valence-corrected chi connectivity index (χ0v) is 13.4. The van der Waals surface area contributed by atoms with Gasteiger partial charge in [0.15, 0.2) is 0 Å². The van der Waals surface area contributed by atoms with Crippen molar-refractivity contribution in [3.8, 4) is 21.8 Å². The first-order valence-electron chi connectivity index (χ1n) is 6.24. The van der Waals surface area contributed by atoms with Gasteiger partial charge in [-0.05, 0) is 31.2 Å². The Bertz CT molecular complexity index is 794.